The number of piperidine rings is 1. The molecule has 6 heteroatoms. The van der Waals surface area contributed by atoms with E-state index >= 15 is 0 Å². The highest BCUT2D eigenvalue weighted by Crippen LogP contribution is 2.26. The van der Waals surface area contributed by atoms with E-state index in [1.807, 2.05) is 30.5 Å². The molecule has 0 spiro atoms. The molecule has 1 N–H and O–H groups in total. The molecule has 0 amide bonds. The van der Waals surface area contributed by atoms with Crippen molar-refractivity contribution in [3.63, 3.8) is 0 Å². The zero-order chi connectivity index (χ0) is 17.2. The highest BCUT2D eigenvalue weighted by atomic mass is 35.5. The summed E-state index contributed by atoms with van der Waals surface area (Å²) in [7, 11) is 2.19. The number of nitrogens with zero attached hydrogens (tertiary/aromatic N) is 3. The molecule has 1 atom stereocenters. The maximum Gasteiger partial charge on any atom is 0.135 e. The summed E-state index contributed by atoms with van der Waals surface area (Å²) in [5.74, 6) is 1.00. The molecular weight excluding hydrogens is 336 g/mol. The van der Waals surface area contributed by atoms with E-state index in [4.69, 9.17) is 16.3 Å². The molecule has 0 aliphatic carbocycles. The van der Waals surface area contributed by atoms with Crippen LogP contribution >= 0.6 is 11.6 Å². The first kappa shape index (κ1) is 17.0. The molecule has 4 rings (SSSR count). The lowest BCUT2D eigenvalue weighted by Gasteiger charge is -2.32. The van der Waals surface area contributed by atoms with Gasteiger partial charge in [0.2, 0.25) is 0 Å². The average Bonchev–Trinajstić information content (AvgIpc) is 3.05. The minimum atomic E-state index is 0.187. The van der Waals surface area contributed by atoms with Crippen LogP contribution in [0, 0.1) is 0 Å². The van der Waals surface area contributed by atoms with Crippen molar-refractivity contribution in [3.05, 3.63) is 41.3 Å². The van der Waals surface area contributed by atoms with Gasteiger partial charge in [-0.05, 0) is 50.7 Å². The highest BCUT2D eigenvalue weighted by molar-refractivity contribution is 6.30. The molecule has 0 saturated carbocycles. The number of halogens is 1. The van der Waals surface area contributed by atoms with Crippen LogP contribution in [0.2, 0.25) is 5.02 Å². The van der Waals surface area contributed by atoms with Gasteiger partial charge in [-0.1, -0.05) is 23.7 Å². The van der Waals surface area contributed by atoms with Crippen molar-refractivity contribution in [1.29, 1.82) is 0 Å². The quantitative estimate of drug-likeness (QED) is 0.910. The van der Waals surface area contributed by atoms with Crippen LogP contribution < -0.4 is 5.32 Å². The topological polar surface area (TPSA) is 42.3 Å². The van der Waals surface area contributed by atoms with Crippen LogP contribution in [-0.4, -0.2) is 53.3 Å². The first-order valence-corrected chi connectivity index (χ1v) is 9.41. The number of nitrogens with one attached hydrogen (secondary N) is 1. The summed E-state index contributed by atoms with van der Waals surface area (Å²) in [5.41, 5.74) is 2.28. The molecule has 0 radical (unpaired) electrons. The van der Waals surface area contributed by atoms with Gasteiger partial charge < -0.3 is 19.5 Å². The second kappa shape index (κ2) is 7.46. The van der Waals surface area contributed by atoms with Crippen LogP contribution in [0.3, 0.4) is 0 Å². The van der Waals surface area contributed by atoms with Crippen molar-refractivity contribution in [2.45, 2.75) is 38.1 Å². The molecule has 2 aliphatic heterocycles. The number of hydrogen-bond donors (Lipinski definition) is 1. The third-order valence-electron chi connectivity index (χ3n) is 5.27. The van der Waals surface area contributed by atoms with E-state index in [2.05, 4.69) is 26.8 Å². The van der Waals surface area contributed by atoms with Gasteiger partial charge >= 0.3 is 0 Å². The van der Waals surface area contributed by atoms with Gasteiger partial charge in [-0.3, -0.25) is 0 Å². The number of benzene rings is 1. The number of likely N-dealkylation sites (tertiary alicyclic amines) is 1. The number of imidazole rings is 1. The lowest BCUT2D eigenvalue weighted by Crippen LogP contribution is -2.45. The zero-order valence-corrected chi connectivity index (χ0v) is 15.4. The number of fused-ring (bicyclic) bond motifs is 1. The summed E-state index contributed by atoms with van der Waals surface area (Å²) in [6.07, 6.45) is 4.56. The van der Waals surface area contributed by atoms with Gasteiger partial charge in [-0.2, -0.15) is 0 Å². The Labute approximate surface area is 153 Å². The van der Waals surface area contributed by atoms with Gasteiger partial charge in [0, 0.05) is 17.6 Å². The molecular formula is C19H25ClN4O. The van der Waals surface area contributed by atoms with Crippen LogP contribution in [-0.2, 0) is 17.9 Å². The van der Waals surface area contributed by atoms with E-state index in [-0.39, 0.29) is 6.10 Å². The zero-order valence-electron chi connectivity index (χ0n) is 14.6. The fourth-order valence-corrected chi connectivity index (χ4v) is 3.79. The summed E-state index contributed by atoms with van der Waals surface area (Å²) in [6.45, 7) is 4.66. The summed E-state index contributed by atoms with van der Waals surface area (Å²) in [6, 6.07) is 8.56. The molecule has 1 aromatic carbocycles. The second-order valence-corrected chi connectivity index (χ2v) is 7.53. The Bertz CT molecular complexity index is 707. The van der Waals surface area contributed by atoms with E-state index in [0.717, 1.165) is 35.2 Å². The van der Waals surface area contributed by atoms with Gasteiger partial charge in [0.25, 0.3) is 0 Å². The van der Waals surface area contributed by atoms with Crippen LogP contribution in [0.4, 0.5) is 0 Å². The first-order chi connectivity index (χ1) is 12.2. The molecule has 134 valence electrons. The molecule has 0 unspecified atom stereocenters. The number of aromatic nitrogens is 2. The fourth-order valence-electron chi connectivity index (χ4n) is 3.67. The van der Waals surface area contributed by atoms with E-state index in [0.29, 0.717) is 12.6 Å². The summed E-state index contributed by atoms with van der Waals surface area (Å²) in [4.78, 5) is 6.92. The summed E-state index contributed by atoms with van der Waals surface area (Å²) in [5, 5.41) is 4.45. The first-order valence-electron chi connectivity index (χ1n) is 9.03. The Morgan fingerprint density at radius 1 is 1.24 bits per heavy atom. The monoisotopic (exact) mass is 360 g/mol. The van der Waals surface area contributed by atoms with Crippen molar-refractivity contribution >= 4 is 11.6 Å². The maximum atomic E-state index is 6.01. The van der Waals surface area contributed by atoms with Crippen molar-refractivity contribution < 1.29 is 4.74 Å². The Balaban J connectivity index is 1.40. The average molecular weight is 361 g/mol. The molecule has 2 aromatic rings. The largest absolute Gasteiger partial charge is 0.367 e. The van der Waals surface area contributed by atoms with E-state index in [1.54, 1.807) is 0 Å². The van der Waals surface area contributed by atoms with E-state index < -0.39 is 0 Å². The summed E-state index contributed by atoms with van der Waals surface area (Å²) >= 11 is 6.01. The minimum Gasteiger partial charge on any atom is -0.367 e. The van der Waals surface area contributed by atoms with Crippen molar-refractivity contribution in [1.82, 2.24) is 19.8 Å². The minimum absolute atomic E-state index is 0.187. The Hall–Kier alpha value is -1.40. The second-order valence-electron chi connectivity index (χ2n) is 7.10. The van der Waals surface area contributed by atoms with Gasteiger partial charge in [-0.15, -0.1) is 0 Å². The number of rotatable bonds is 4. The normalized spacial score (nSPS) is 22.1. The van der Waals surface area contributed by atoms with Crippen LogP contribution in [0.1, 0.15) is 18.7 Å². The van der Waals surface area contributed by atoms with Gasteiger partial charge in [0.05, 0.1) is 24.5 Å². The smallest absolute Gasteiger partial charge is 0.135 e. The van der Waals surface area contributed by atoms with Crippen LogP contribution in [0.5, 0.6) is 0 Å². The molecule has 1 saturated heterocycles. The molecule has 5 nitrogen and oxygen atoms in total. The Kier molecular flexibility index (Phi) is 5.08. The van der Waals surface area contributed by atoms with Gasteiger partial charge in [-0.25, -0.2) is 4.98 Å². The molecule has 25 heavy (non-hydrogen) atoms. The predicted octanol–water partition coefficient (Wildman–Crippen LogP) is 2.79. The molecule has 3 heterocycles. The van der Waals surface area contributed by atoms with Gasteiger partial charge in [0.15, 0.2) is 0 Å². The lowest BCUT2D eigenvalue weighted by molar-refractivity contribution is 0.000898. The van der Waals surface area contributed by atoms with Crippen LogP contribution in [0.25, 0.3) is 11.3 Å². The maximum absolute atomic E-state index is 6.01. The molecule has 1 aromatic heterocycles. The summed E-state index contributed by atoms with van der Waals surface area (Å²) < 4.78 is 8.29. The van der Waals surface area contributed by atoms with E-state index in [9.17, 15) is 0 Å². The molecule has 1 fully saturated rings. The number of ether oxygens (including phenoxy) is 1. The van der Waals surface area contributed by atoms with E-state index in [1.165, 1.54) is 25.9 Å². The lowest BCUT2D eigenvalue weighted by atomic mass is 10.1. The Morgan fingerprint density at radius 3 is 2.76 bits per heavy atom. The SMILES string of the molecule is CN1CCC(NC[C@H]2Cn3c(-c4ccc(Cl)cc4)cnc3CO2)CC1. The highest BCUT2D eigenvalue weighted by Gasteiger charge is 2.24. The molecule has 2 aliphatic rings. The third kappa shape index (κ3) is 3.90. The third-order valence-corrected chi connectivity index (χ3v) is 5.52. The Morgan fingerprint density at radius 2 is 2.00 bits per heavy atom. The fraction of sp³-hybridized carbons (Fsp3) is 0.526. The predicted molar refractivity (Wildman–Crippen MR) is 99.8 cm³/mol. The van der Waals surface area contributed by atoms with Crippen LogP contribution in [0.15, 0.2) is 30.5 Å². The van der Waals surface area contributed by atoms with Gasteiger partial charge in [0.1, 0.15) is 12.4 Å². The van der Waals surface area contributed by atoms with Crippen molar-refractivity contribution in [3.8, 4) is 11.3 Å². The molecule has 0 bridgehead atoms. The van der Waals surface area contributed by atoms with Crippen molar-refractivity contribution in [2.24, 2.45) is 0 Å². The standard InChI is InChI=1S/C19H25ClN4O/c1-23-8-6-16(7-9-23)21-10-17-12-24-18(11-22-19(24)13-25-17)14-2-4-15(20)5-3-14/h2-5,11,16-17,21H,6-10,12-13H2,1H3/t17-/m0/s1. The van der Waals surface area contributed by atoms with Crippen molar-refractivity contribution in [2.75, 3.05) is 26.7 Å². The number of hydrogen-bond acceptors (Lipinski definition) is 4.